The van der Waals surface area contributed by atoms with Gasteiger partial charge in [-0.25, -0.2) is 9.97 Å². The molecule has 2 rings (SSSR count). The molecule has 0 aliphatic rings. The third-order valence-electron chi connectivity index (χ3n) is 2.54. The topological polar surface area (TPSA) is 51.8 Å². The number of nitrogens with zero attached hydrogens (tertiary/aromatic N) is 2. The van der Waals surface area contributed by atoms with Crippen molar-refractivity contribution < 1.29 is 0 Å². The quantitative estimate of drug-likeness (QED) is 0.833. The Balaban J connectivity index is 2.43. The second kappa shape index (κ2) is 4.41. The molecule has 0 unspecified atom stereocenters. The average Bonchev–Trinajstić information content (AvgIpc) is 2.29. The van der Waals surface area contributed by atoms with Crippen LogP contribution in [-0.2, 0) is 0 Å². The van der Waals surface area contributed by atoms with E-state index >= 15 is 0 Å². The van der Waals surface area contributed by atoms with Crippen molar-refractivity contribution in [2.45, 2.75) is 19.9 Å². The summed E-state index contributed by atoms with van der Waals surface area (Å²) in [6.45, 7) is 3.90. The van der Waals surface area contributed by atoms with Gasteiger partial charge in [-0.3, -0.25) is 0 Å². The van der Waals surface area contributed by atoms with Gasteiger partial charge in [-0.2, -0.15) is 0 Å². The molecule has 3 heteroatoms. The molecule has 1 aromatic heterocycles. The number of rotatable bonds is 2. The van der Waals surface area contributed by atoms with Gasteiger partial charge in [-0.05, 0) is 13.8 Å². The average molecular weight is 213 g/mol. The molecule has 0 saturated carbocycles. The molecule has 0 spiro atoms. The fraction of sp³-hybridized carbons (Fsp3) is 0.231. The highest BCUT2D eigenvalue weighted by molar-refractivity contribution is 5.54. The van der Waals surface area contributed by atoms with E-state index < -0.39 is 0 Å². The van der Waals surface area contributed by atoms with E-state index in [-0.39, 0.29) is 6.04 Å². The number of nitrogens with two attached hydrogens (primary N) is 1. The zero-order valence-electron chi connectivity index (χ0n) is 9.51. The zero-order chi connectivity index (χ0) is 11.5. The SMILES string of the molecule is Cc1nc(-c2ccccc2)ncc1[C@@H](C)N. The maximum absolute atomic E-state index is 5.82. The number of aryl methyl sites for hydroxylation is 1. The van der Waals surface area contributed by atoms with Crippen molar-refractivity contribution in [2.75, 3.05) is 0 Å². The zero-order valence-corrected chi connectivity index (χ0v) is 9.51. The monoisotopic (exact) mass is 213 g/mol. The molecular weight excluding hydrogens is 198 g/mol. The maximum atomic E-state index is 5.82. The predicted octanol–water partition coefficient (Wildman–Crippen LogP) is 2.47. The Morgan fingerprint density at radius 2 is 1.88 bits per heavy atom. The van der Waals surface area contributed by atoms with Crippen molar-refractivity contribution in [1.29, 1.82) is 0 Å². The molecule has 1 heterocycles. The summed E-state index contributed by atoms with van der Waals surface area (Å²) in [5.74, 6) is 0.752. The van der Waals surface area contributed by atoms with Gasteiger partial charge in [0.1, 0.15) is 0 Å². The minimum atomic E-state index is -0.0233. The van der Waals surface area contributed by atoms with Crippen LogP contribution in [0, 0.1) is 6.92 Å². The van der Waals surface area contributed by atoms with Crippen LogP contribution in [0.4, 0.5) is 0 Å². The van der Waals surface area contributed by atoms with E-state index in [4.69, 9.17) is 5.73 Å². The van der Waals surface area contributed by atoms with E-state index in [0.29, 0.717) is 0 Å². The van der Waals surface area contributed by atoms with Crippen LogP contribution < -0.4 is 5.73 Å². The summed E-state index contributed by atoms with van der Waals surface area (Å²) in [6, 6.07) is 9.92. The molecule has 3 nitrogen and oxygen atoms in total. The van der Waals surface area contributed by atoms with E-state index in [0.717, 1.165) is 22.6 Å². The number of hydrogen-bond acceptors (Lipinski definition) is 3. The van der Waals surface area contributed by atoms with Gasteiger partial charge in [0.15, 0.2) is 5.82 Å². The molecule has 1 atom stereocenters. The standard InChI is InChI=1S/C13H15N3/c1-9(14)12-8-15-13(16-10(12)2)11-6-4-3-5-7-11/h3-9H,14H2,1-2H3/t9-/m1/s1. The lowest BCUT2D eigenvalue weighted by molar-refractivity contribution is 0.790. The van der Waals surface area contributed by atoms with E-state index in [9.17, 15) is 0 Å². The van der Waals surface area contributed by atoms with Crippen LogP contribution in [0.5, 0.6) is 0 Å². The first-order valence-electron chi connectivity index (χ1n) is 5.33. The highest BCUT2D eigenvalue weighted by Gasteiger charge is 2.07. The van der Waals surface area contributed by atoms with Crippen LogP contribution in [0.15, 0.2) is 36.5 Å². The smallest absolute Gasteiger partial charge is 0.159 e. The van der Waals surface area contributed by atoms with E-state index in [1.54, 1.807) is 0 Å². The summed E-state index contributed by atoms with van der Waals surface area (Å²) in [5, 5.41) is 0. The predicted molar refractivity (Wildman–Crippen MR) is 64.8 cm³/mol. The molecule has 2 N–H and O–H groups in total. The van der Waals surface area contributed by atoms with Gasteiger partial charge < -0.3 is 5.73 Å². The molecule has 1 aromatic carbocycles. The molecule has 0 aliphatic carbocycles. The van der Waals surface area contributed by atoms with Crippen molar-refractivity contribution in [1.82, 2.24) is 9.97 Å². The largest absolute Gasteiger partial charge is 0.324 e. The first-order valence-corrected chi connectivity index (χ1v) is 5.33. The molecule has 2 aromatic rings. The van der Waals surface area contributed by atoms with Crippen molar-refractivity contribution >= 4 is 0 Å². The normalized spacial score (nSPS) is 12.4. The summed E-state index contributed by atoms with van der Waals surface area (Å²) in [4.78, 5) is 8.81. The van der Waals surface area contributed by atoms with Crippen molar-refractivity contribution in [3.05, 3.63) is 47.8 Å². The molecule has 0 aliphatic heterocycles. The third kappa shape index (κ3) is 2.09. The van der Waals surface area contributed by atoms with Crippen LogP contribution in [-0.4, -0.2) is 9.97 Å². The van der Waals surface area contributed by atoms with Crippen LogP contribution >= 0.6 is 0 Å². The minimum Gasteiger partial charge on any atom is -0.324 e. The molecule has 0 bridgehead atoms. The Kier molecular flexibility index (Phi) is 2.97. The summed E-state index contributed by atoms with van der Waals surface area (Å²) in [7, 11) is 0. The number of aromatic nitrogens is 2. The van der Waals surface area contributed by atoms with Crippen molar-refractivity contribution in [3.63, 3.8) is 0 Å². The Hall–Kier alpha value is -1.74. The Labute approximate surface area is 95.4 Å². The lowest BCUT2D eigenvalue weighted by Gasteiger charge is -2.09. The van der Waals surface area contributed by atoms with Gasteiger partial charge in [0.25, 0.3) is 0 Å². The minimum absolute atomic E-state index is 0.0233. The summed E-state index contributed by atoms with van der Waals surface area (Å²) in [5.41, 5.74) is 8.80. The first kappa shape index (κ1) is 10.8. The van der Waals surface area contributed by atoms with E-state index in [1.807, 2.05) is 50.4 Å². The van der Waals surface area contributed by atoms with Crippen molar-refractivity contribution in [3.8, 4) is 11.4 Å². The van der Waals surface area contributed by atoms with Gasteiger partial charge in [-0.1, -0.05) is 30.3 Å². The molecule has 0 radical (unpaired) electrons. The Morgan fingerprint density at radius 1 is 1.19 bits per heavy atom. The summed E-state index contributed by atoms with van der Waals surface area (Å²) >= 11 is 0. The Morgan fingerprint density at radius 3 is 2.44 bits per heavy atom. The molecule has 0 fully saturated rings. The van der Waals surface area contributed by atoms with Gasteiger partial charge in [0.2, 0.25) is 0 Å². The Bertz CT molecular complexity index is 478. The second-order valence-corrected chi connectivity index (χ2v) is 3.89. The molecule has 0 saturated heterocycles. The summed E-state index contributed by atoms with van der Waals surface area (Å²) in [6.07, 6.45) is 1.81. The van der Waals surface area contributed by atoms with Gasteiger partial charge in [-0.15, -0.1) is 0 Å². The van der Waals surface area contributed by atoms with E-state index in [1.165, 1.54) is 0 Å². The van der Waals surface area contributed by atoms with Crippen LogP contribution in [0.1, 0.15) is 24.2 Å². The summed E-state index contributed by atoms with van der Waals surface area (Å²) < 4.78 is 0. The van der Waals surface area contributed by atoms with E-state index in [2.05, 4.69) is 9.97 Å². The van der Waals surface area contributed by atoms with Crippen LogP contribution in [0.3, 0.4) is 0 Å². The lowest BCUT2D eigenvalue weighted by atomic mass is 10.1. The lowest BCUT2D eigenvalue weighted by Crippen LogP contribution is -2.09. The van der Waals surface area contributed by atoms with Gasteiger partial charge in [0, 0.05) is 29.1 Å². The second-order valence-electron chi connectivity index (χ2n) is 3.89. The molecule has 82 valence electrons. The number of benzene rings is 1. The highest BCUT2D eigenvalue weighted by Crippen LogP contribution is 2.18. The van der Waals surface area contributed by atoms with Gasteiger partial charge >= 0.3 is 0 Å². The van der Waals surface area contributed by atoms with Crippen LogP contribution in [0.25, 0.3) is 11.4 Å². The molecular formula is C13H15N3. The van der Waals surface area contributed by atoms with Gasteiger partial charge in [0.05, 0.1) is 0 Å². The molecule has 0 amide bonds. The molecule has 16 heavy (non-hydrogen) atoms. The maximum Gasteiger partial charge on any atom is 0.159 e. The highest BCUT2D eigenvalue weighted by atomic mass is 14.9. The third-order valence-corrected chi connectivity index (χ3v) is 2.54. The number of hydrogen-bond donors (Lipinski definition) is 1. The first-order chi connectivity index (χ1) is 7.68. The van der Waals surface area contributed by atoms with Crippen LogP contribution in [0.2, 0.25) is 0 Å². The fourth-order valence-electron chi connectivity index (χ4n) is 1.65. The van der Waals surface area contributed by atoms with Crippen molar-refractivity contribution in [2.24, 2.45) is 5.73 Å². The fourth-order valence-corrected chi connectivity index (χ4v) is 1.65.